The predicted octanol–water partition coefficient (Wildman–Crippen LogP) is 2.85. The molecule has 1 saturated heterocycles. The van der Waals surface area contributed by atoms with Crippen LogP contribution in [0.25, 0.3) is 10.2 Å². The van der Waals surface area contributed by atoms with Gasteiger partial charge in [0.2, 0.25) is 5.91 Å². The number of likely N-dealkylation sites (tertiary alicyclic amines) is 1. The lowest BCUT2D eigenvalue weighted by Crippen LogP contribution is -2.59. The van der Waals surface area contributed by atoms with E-state index in [9.17, 15) is 14.7 Å². The van der Waals surface area contributed by atoms with Gasteiger partial charge in [-0.1, -0.05) is 6.07 Å². The van der Waals surface area contributed by atoms with E-state index in [4.69, 9.17) is 0 Å². The van der Waals surface area contributed by atoms with Gasteiger partial charge in [0.1, 0.15) is 5.75 Å². The van der Waals surface area contributed by atoms with Crippen molar-refractivity contribution >= 4 is 33.4 Å². The molecule has 3 aromatic rings. The van der Waals surface area contributed by atoms with Gasteiger partial charge in [-0.3, -0.25) is 9.59 Å². The van der Waals surface area contributed by atoms with Crippen LogP contribution in [0.3, 0.4) is 0 Å². The highest BCUT2D eigenvalue weighted by Gasteiger charge is 2.51. The summed E-state index contributed by atoms with van der Waals surface area (Å²) in [4.78, 5) is 32.5. The fraction of sp³-hybridized carbons (Fsp3) is 0.318. The zero-order valence-corrected chi connectivity index (χ0v) is 16.8. The van der Waals surface area contributed by atoms with Crippen molar-refractivity contribution in [2.45, 2.75) is 30.7 Å². The average molecular weight is 407 g/mol. The van der Waals surface area contributed by atoms with Crippen molar-refractivity contribution in [1.29, 1.82) is 0 Å². The van der Waals surface area contributed by atoms with Gasteiger partial charge in [0, 0.05) is 25.2 Å². The lowest BCUT2D eigenvalue weighted by molar-refractivity contribution is -0.129. The molecule has 2 amide bonds. The van der Waals surface area contributed by atoms with Crippen molar-refractivity contribution in [3.63, 3.8) is 0 Å². The number of fused-ring (bicyclic) bond motifs is 5. The summed E-state index contributed by atoms with van der Waals surface area (Å²) in [5.74, 6) is 0.118. The summed E-state index contributed by atoms with van der Waals surface area (Å²) in [5, 5.41) is 12.8. The van der Waals surface area contributed by atoms with Crippen LogP contribution < -0.4 is 5.32 Å². The van der Waals surface area contributed by atoms with Crippen LogP contribution in [-0.2, 0) is 16.6 Å². The fourth-order valence-electron chi connectivity index (χ4n) is 4.97. The van der Waals surface area contributed by atoms with Crippen LogP contribution in [0.5, 0.6) is 5.75 Å². The third kappa shape index (κ3) is 2.72. The third-order valence-electron chi connectivity index (χ3n) is 6.37. The van der Waals surface area contributed by atoms with E-state index >= 15 is 0 Å². The highest BCUT2D eigenvalue weighted by Crippen LogP contribution is 2.46. The highest BCUT2D eigenvalue weighted by molar-refractivity contribution is 7.16. The molecule has 2 aliphatic rings. The van der Waals surface area contributed by atoms with Crippen molar-refractivity contribution < 1.29 is 14.7 Å². The van der Waals surface area contributed by atoms with Crippen molar-refractivity contribution in [2.24, 2.45) is 0 Å². The molecule has 1 aliphatic carbocycles. The molecule has 1 fully saturated rings. The Kier molecular flexibility index (Phi) is 4.10. The second-order valence-corrected chi connectivity index (χ2v) is 8.73. The summed E-state index contributed by atoms with van der Waals surface area (Å²) in [7, 11) is 1.64. The Morgan fingerprint density at radius 1 is 1.28 bits per heavy atom. The number of rotatable bonds is 2. The van der Waals surface area contributed by atoms with E-state index in [1.54, 1.807) is 24.7 Å². The van der Waals surface area contributed by atoms with Gasteiger partial charge in [0.25, 0.3) is 5.91 Å². The minimum absolute atomic E-state index is 0.00182. The number of aromatic nitrogens is 1. The normalized spacial score (nSPS) is 22.9. The van der Waals surface area contributed by atoms with Crippen LogP contribution in [0.2, 0.25) is 0 Å². The Balaban J connectivity index is 1.53. The molecule has 5 rings (SSSR count). The molecular weight excluding hydrogens is 386 g/mol. The Bertz CT molecular complexity index is 1140. The van der Waals surface area contributed by atoms with E-state index in [2.05, 4.69) is 10.3 Å². The number of hydrogen-bond donors (Lipinski definition) is 2. The second kappa shape index (κ2) is 6.56. The lowest BCUT2D eigenvalue weighted by Gasteiger charge is -2.50. The van der Waals surface area contributed by atoms with E-state index in [-0.39, 0.29) is 23.6 Å². The number of carbonyl (C=O) groups is 2. The third-order valence-corrected chi connectivity index (χ3v) is 7.16. The first-order valence-corrected chi connectivity index (χ1v) is 10.6. The van der Waals surface area contributed by atoms with E-state index in [1.807, 2.05) is 29.2 Å². The molecule has 1 aromatic heterocycles. The van der Waals surface area contributed by atoms with Crippen LogP contribution in [0.4, 0.5) is 0 Å². The molecule has 2 heterocycles. The Labute approximate surface area is 172 Å². The van der Waals surface area contributed by atoms with Gasteiger partial charge in [-0.05, 0) is 60.7 Å². The van der Waals surface area contributed by atoms with Gasteiger partial charge in [-0.25, -0.2) is 4.98 Å². The number of aromatic hydroxyl groups is 1. The van der Waals surface area contributed by atoms with Crippen molar-refractivity contribution in [3.05, 3.63) is 58.6 Å². The van der Waals surface area contributed by atoms with Gasteiger partial charge < -0.3 is 15.3 Å². The summed E-state index contributed by atoms with van der Waals surface area (Å²) in [5.41, 5.74) is 4.56. The maximum absolute atomic E-state index is 13.3. The summed E-state index contributed by atoms with van der Waals surface area (Å²) < 4.78 is 0.997. The molecule has 1 aliphatic heterocycles. The van der Waals surface area contributed by atoms with Crippen LogP contribution in [0, 0.1) is 0 Å². The summed E-state index contributed by atoms with van der Waals surface area (Å²) in [6.45, 7) is 0.507. The molecule has 2 unspecified atom stereocenters. The first-order valence-electron chi connectivity index (χ1n) is 9.70. The second-order valence-electron chi connectivity index (χ2n) is 7.85. The summed E-state index contributed by atoms with van der Waals surface area (Å²) in [6, 6.07) is 10.8. The van der Waals surface area contributed by atoms with Crippen molar-refractivity contribution in [1.82, 2.24) is 15.2 Å². The minimum atomic E-state index is -0.704. The van der Waals surface area contributed by atoms with Gasteiger partial charge >= 0.3 is 0 Å². The first kappa shape index (κ1) is 18.1. The number of carbonyl (C=O) groups excluding carboxylic acids is 2. The molecule has 0 spiro atoms. The molecule has 7 heteroatoms. The molecule has 0 radical (unpaired) electrons. The van der Waals surface area contributed by atoms with Gasteiger partial charge in [-0.2, -0.15) is 0 Å². The SMILES string of the molecule is CNC(=O)C12CCN(C(=O)c3ccc4ncsc4c3)C(Cc3ccc(O)cc31)C2. The summed E-state index contributed by atoms with van der Waals surface area (Å²) >= 11 is 1.52. The van der Waals surface area contributed by atoms with Crippen LogP contribution in [0.1, 0.15) is 34.3 Å². The first-order chi connectivity index (χ1) is 14.0. The average Bonchev–Trinajstić information content (AvgIpc) is 3.21. The molecule has 2 atom stereocenters. The molecule has 2 N–H and O–H groups in total. The smallest absolute Gasteiger partial charge is 0.254 e. The highest BCUT2D eigenvalue weighted by atomic mass is 32.1. The van der Waals surface area contributed by atoms with Crippen molar-refractivity contribution in [3.8, 4) is 5.75 Å². The molecule has 148 valence electrons. The Hall–Kier alpha value is -2.93. The maximum Gasteiger partial charge on any atom is 0.254 e. The standard InChI is InChI=1S/C22H21N3O3S/c1-23-21(28)22-6-7-25(15(11-22)8-13-2-4-16(26)10-17(13)22)20(27)14-3-5-18-19(9-14)29-12-24-18/h2-5,9-10,12,15,26H,6-8,11H2,1H3,(H,23,28). The molecule has 29 heavy (non-hydrogen) atoms. The zero-order chi connectivity index (χ0) is 20.2. The number of likely N-dealkylation sites (N-methyl/N-ethyl adjacent to an activating group) is 1. The predicted molar refractivity (Wildman–Crippen MR) is 111 cm³/mol. The van der Waals surface area contributed by atoms with Crippen LogP contribution >= 0.6 is 11.3 Å². The van der Waals surface area contributed by atoms with Crippen LogP contribution in [0.15, 0.2) is 41.9 Å². The number of benzene rings is 2. The number of phenolic OH excluding ortho intramolecular Hbond substituents is 1. The number of nitrogens with one attached hydrogen (secondary N) is 1. The zero-order valence-electron chi connectivity index (χ0n) is 16.0. The number of hydrogen-bond acceptors (Lipinski definition) is 5. The van der Waals surface area contributed by atoms with E-state index in [0.717, 1.165) is 21.3 Å². The Morgan fingerprint density at radius 2 is 2.14 bits per heavy atom. The number of phenols is 1. The number of thiazole rings is 1. The van der Waals surface area contributed by atoms with Gasteiger partial charge in [0.15, 0.2) is 0 Å². The molecule has 2 bridgehead atoms. The van der Waals surface area contributed by atoms with Gasteiger partial charge in [-0.15, -0.1) is 11.3 Å². The fourth-order valence-corrected chi connectivity index (χ4v) is 5.68. The van der Waals surface area contributed by atoms with Gasteiger partial charge in [0.05, 0.1) is 21.1 Å². The monoisotopic (exact) mass is 407 g/mol. The maximum atomic E-state index is 13.3. The molecular formula is C22H21N3O3S. The topological polar surface area (TPSA) is 82.5 Å². The number of amides is 2. The van der Waals surface area contributed by atoms with E-state index < -0.39 is 5.41 Å². The molecule has 2 aromatic carbocycles. The summed E-state index contributed by atoms with van der Waals surface area (Å²) in [6.07, 6.45) is 1.79. The molecule has 0 saturated carbocycles. The molecule has 6 nitrogen and oxygen atoms in total. The van der Waals surface area contributed by atoms with Crippen LogP contribution in [-0.4, -0.2) is 46.4 Å². The minimum Gasteiger partial charge on any atom is -0.508 e. The largest absolute Gasteiger partial charge is 0.508 e. The lowest BCUT2D eigenvalue weighted by atomic mass is 9.63. The number of nitrogens with zero attached hydrogens (tertiary/aromatic N) is 2. The number of piperidine rings is 1. The quantitative estimate of drug-likeness (QED) is 0.684. The van der Waals surface area contributed by atoms with Crippen molar-refractivity contribution in [2.75, 3.05) is 13.6 Å². The van der Waals surface area contributed by atoms with E-state index in [1.165, 1.54) is 11.3 Å². The van der Waals surface area contributed by atoms with E-state index in [0.29, 0.717) is 31.4 Å². The Morgan fingerprint density at radius 3 is 2.97 bits per heavy atom.